The molecule has 2 aromatic rings. The fourth-order valence-corrected chi connectivity index (χ4v) is 5.24. The van der Waals surface area contributed by atoms with E-state index in [4.69, 9.17) is 0 Å². The third-order valence-electron chi connectivity index (χ3n) is 4.00. The van der Waals surface area contributed by atoms with E-state index in [2.05, 4.69) is 10.6 Å². The zero-order valence-corrected chi connectivity index (χ0v) is 14.9. The molecule has 1 unspecified atom stereocenters. The van der Waals surface area contributed by atoms with Crippen LogP contribution in [0.5, 0.6) is 0 Å². The maximum absolute atomic E-state index is 13.7. The SMILES string of the molecule is O=C1NCCC1([Se]c1ccccc1)C(=O)NCc1cccc(F)c1F. The second-order valence-corrected chi connectivity index (χ2v) is 8.52. The van der Waals surface area contributed by atoms with E-state index in [1.165, 1.54) is 12.1 Å². The van der Waals surface area contributed by atoms with E-state index in [-0.39, 0.29) is 18.0 Å². The molecule has 0 bridgehead atoms. The Morgan fingerprint density at radius 1 is 1.16 bits per heavy atom. The molecule has 2 aromatic carbocycles. The van der Waals surface area contributed by atoms with Crippen molar-refractivity contribution in [3.05, 3.63) is 65.7 Å². The van der Waals surface area contributed by atoms with Gasteiger partial charge in [0.1, 0.15) is 0 Å². The molecular formula is C18H16F2N2O2Se. The van der Waals surface area contributed by atoms with E-state index in [0.717, 1.165) is 10.5 Å². The number of halogens is 2. The summed E-state index contributed by atoms with van der Waals surface area (Å²) in [5.74, 6) is -2.71. The van der Waals surface area contributed by atoms with Crippen LogP contribution in [0.2, 0.25) is 4.31 Å². The first-order chi connectivity index (χ1) is 12.0. The standard InChI is InChI=1S/C18H16F2N2O2Se/c19-14-8-4-5-12(15(14)20)11-22-17(24)18(9-10-21-16(18)23)25-13-6-2-1-3-7-13/h1-8H,9-11H2,(H,21,23)(H,22,24). The molecule has 7 heteroatoms. The van der Waals surface area contributed by atoms with Gasteiger partial charge in [0.05, 0.1) is 0 Å². The molecule has 0 spiro atoms. The van der Waals surface area contributed by atoms with E-state index in [1.807, 2.05) is 30.3 Å². The van der Waals surface area contributed by atoms with Gasteiger partial charge in [-0.1, -0.05) is 0 Å². The van der Waals surface area contributed by atoms with Crippen molar-refractivity contribution in [2.75, 3.05) is 6.54 Å². The van der Waals surface area contributed by atoms with Gasteiger partial charge in [-0.3, -0.25) is 0 Å². The molecule has 1 fully saturated rings. The molecule has 1 atom stereocenters. The van der Waals surface area contributed by atoms with Gasteiger partial charge >= 0.3 is 150 Å². The minimum atomic E-state index is -1.17. The molecule has 0 aromatic heterocycles. The average molecular weight is 409 g/mol. The molecule has 2 amide bonds. The summed E-state index contributed by atoms with van der Waals surface area (Å²) in [6.45, 7) is 0.261. The Balaban J connectivity index is 1.78. The van der Waals surface area contributed by atoms with Crippen LogP contribution in [0.3, 0.4) is 0 Å². The van der Waals surface area contributed by atoms with E-state index < -0.39 is 36.8 Å². The summed E-state index contributed by atoms with van der Waals surface area (Å²) < 4.78 is 26.8. The van der Waals surface area contributed by atoms with Gasteiger partial charge in [0.15, 0.2) is 0 Å². The zero-order chi connectivity index (χ0) is 17.9. The van der Waals surface area contributed by atoms with E-state index >= 15 is 0 Å². The van der Waals surface area contributed by atoms with Crippen molar-refractivity contribution in [1.29, 1.82) is 0 Å². The number of hydrogen-bond acceptors (Lipinski definition) is 2. The minimum absolute atomic E-state index is 0.0501. The molecule has 1 heterocycles. The molecule has 1 aliphatic rings. The van der Waals surface area contributed by atoms with Gasteiger partial charge < -0.3 is 0 Å². The molecule has 0 saturated carbocycles. The van der Waals surface area contributed by atoms with Crippen LogP contribution in [0.15, 0.2) is 48.5 Å². The molecule has 1 aliphatic heterocycles. The first-order valence-corrected chi connectivity index (χ1v) is 9.48. The normalized spacial score (nSPS) is 19.5. The summed E-state index contributed by atoms with van der Waals surface area (Å²) in [4.78, 5) is 25.2. The summed E-state index contributed by atoms with van der Waals surface area (Å²) in [5, 5.41) is 5.32. The van der Waals surface area contributed by atoms with Gasteiger partial charge in [-0.15, -0.1) is 0 Å². The summed E-state index contributed by atoms with van der Waals surface area (Å²) in [5.41, 5.74) is 0.0501. The van der Waals surface area contributed by atoms with Crippen LogP contribution in [0.1, 0.15) is 12.0 Å². The molecule has 2 N–H and O–H groups in total. The molecule has 0 aliphatic carbocycles. The van der Waals surface area contributed by atoms with Crippen molar-refractivity contribution in [3.63, 3.8) is 0 Å². The number of nitrogens with one attached hydrogen (secondary N) is 2. The quantitative estimate of drug-likeness (QED) is 0.578. The summed E-state index contributed by atoms with van der Waals surface area (Å²) >= 11 is -0.417. The molecule has 0 radical (unpaired) electrons. The predicted molar refractivity (Wildman–Crippen MR) is 90.4 cm³/mol. The molecule has 4 nitrogen and oxygen atoms in total. The predicted octanol–water partition coefficient (Wildman–Crippen LogP) is 1.29. The Bertz CT molecular complexity index is 801. The van der Waals surface area contributed by atoms with E-state index in [0.29, 0.717) is 13.0 Å². The second kappa shape index (κ2) is 7.33. The number of carbonyl (C=O) groups is 2. The first kappa shape index (κ1) is 17.6. The van der Waals surface area contributed by atoms with Crippen LogP contribution < -0.4 is 15.1 Å². The molecule has 1 saturated heterocycles. The molecule has 130 valence electrons. The van der Waals surface area contributed by atoms with E-state index in [9.17, 15) is 18.4 Å². The van der Waals surface area contributed by atoms with Gasteiger partial charge in [-0.2, -0.15) is 0 Å². The number of carbonyl (C=O) groups excluding carboxylic acids is 2. The molecule has 25 heavy (non-hydrogen) atoms. The van der Waals surface area contributed by atoms with Gasteiger partial charge in [-0.05, 0) is 0 Å². The number of rotatable bonds is 5. The second-order valence-electron chi connectivity index (χ2n) is 5.64. The monoisotopic (exact) mass is 410 g/mol. The van der Waals surface area contributed by atoms with Crippen molar-refractivity contribution in [2.24, 2.45) is 0 Å². The Hall–Kier alpha value is -2.24. The van der Waals surface area contributed by atoms with Crippen molar-refractivity contribution >= 4 is 31.2 Å². The number of benzene rings is 2. The van der Waals surface area contributed by atoms with Crippen LogP contribution in [0.4, 0.5) is 8.78 Å². The Kier molecular flexibility index (Phi) is 5.16. The van der Waals surface area contributed by atoms with Crippen LogP contribution in [-0.4, -0.2) is 33.3 Å². The fraction of sp³-hybridized carbons (Fsp3) is 0.222. The third-order valence-corrected chi connectivity index (χ3v) is 7.01. The number of hydrogen-bond donors (Lipinski definition) is 2. The summed E-state index contributed by atoms with van der Waals surface area (Å²) in [6, 6.07) is 13.2. The Labute approximate surface area is 150 Å². The van der Waals surface area contributed by atoms with Crippen LogP contribution in [-0.2, 0) is 16.1 Å². The van der Waals surface area contributed by atoms with Crippen molar-refractivity contribution in [1.82, 2.24) is 10.6 Å². The number of amides is 2. The Morgan fingerprint density at radius 2 is 1.92 bits per heavy atom. The van der Waals surface area contributed by atoms with Crippen molar-refractivity contribution < 1.29 is 18.4 Å². The van der Waals surface area contributed by atoms with E-state index in [1.54, 1.807) is 0 Å². The summed E-state index contributed by atoms with van der Waals surface area (Å²) in [6.07, 6.45) is 0.387. The van der Waals surface area contributed by atoms with Crippen LogP contribution in [0, 0.1) is 11.6 Å². The van der Waals surface area contributed by atoms with Crippen LogP contribution in [0.25, 0.3) is 0 Å². The fourth-order valence-electron chi connectivity index (χ4n) is 2.66. The summed E-state index contributed by atoms with van der Waals surface area (Å²) in [7, 11) is 0. The molecule has 3 rings (SSSR count). The Morgan fingerprint density at radius 3 is 2.60 bits per heavy atom. The van der Waals surface area contributed by atoms with Gasteiger partial charge in [0, 0.05) is 0 Å². The van der Waals surface area contributed by atoms with Crippen molar-refractivity contribution in [3.8, 4) is 0 Å². The van der Waals surface area contributed by atoms with Gasteiger partial charge in [0.25, 0.3) is 0 Å². The van der Waals surface area contributed by atoms with Gasteiger partial charge in [0.2, 0.25) is 0 Å². The average Bonchev–Trinajstić information content (AvgIpc) is 2.98. The van der Waals surface area contributed by atoms with Gasteiger partial charge in [-0.25, -0.2) is 0 Å². The first-order valence-electron chi connectivity index (χ1n) is 7.76. The molecular weight excluding hydrogens is 393 g/mol. The third kappa shape index (κ3) is 3.57. The maximum atomic E-state index is 13.7. The zero-order valence-electron chi connectivity index (χ0n) is 13.2. The van der Waals surface area contributed by atoms with Crippen molar-refractivity contribution in [2.45, 2.75) is 17.3 Å². The van der Waals surface area contributed by atoms with Crippen LogP contribution >= 0.6 is 0 Å². The topological polar surface area (TPSA) is 58.2 Å².